The standard InChI is InChI=1S/C28H34N2O5/c1-2-3-20-4-6-22(7-5-20)19-35-26-11-8-21(9-12-26)10-13-27(31)33-14-15-34-28(32)23-16-24(29)18-25(30)17-23/h2,8-13,16-18,20,22H,1,3-7,14-15,19,29-30H2. The Labute approximate surface area is 206 Å². The second-order valence-corrected chi connectivity index (χ2v) is 8.82. The van der Waals surface area contributed by atoms with Gasteiger partial charge in [-0.1, -0.05) is 18.2 Å². The smallest absolute Gasteiger partial charge is 0.338 e. The minimum Gasteiger partial charge on any atom is -0.493 e. The van der Waals surface area contributed by atoms with Gasteiger partial charge in [0.15, 0.2) is 0 Å². The van der Waals surface area contributed by atoms with Gasteiger partial charge in [0.05, 0.1) is 12.2 Å². The van der Waals surface area contributed by atoms with Crippen molar-refractivity contribution in [3.05, 3.63) is 72.3 Å². The van der Waals surface area contributed by atoms with E-state index in [1.54, 1.807) is 12.1 Å². The lowest BCUT2D eigenvalue weighted by Crippen LogP contribution is -2.19. The van der Waals surface area contributed by atoms with Crippen molar-refractivity contribution in [2.45, 2.75) is 32.1 Å². The lowest BCUT2D eigenvalue weighted by Gasteiger charge is -2.27. The maximum Gasteiger partial charge on any atom is 0.338 e. The van der Waals surface area contributed by atoms with E-state index in [0.717, 1.165) is 30.3 Å². The molecule has 0 saturated heterocycles. The molecule has 1 aliphatic carbocycles. The van der Waals surface area contributed by atoms with E-state index >= 15 is 0 Å². The molecular formula is C28H34N2O5. The van der Waals surface area contributed by atoms with Gasteiger partial charge in [0.1, 0.15) is 19.0 Å². The van der Waals surface area contributed by atoms with Gasteiger partial charge < -0.3 is 25.7 Å². The molecule has 3 rings (SSSR count). The molecule has 0 amide bonds. The summed E-state index contributed by atoms with van der Waals surface area (Å²) in [5.41, 5.74) is 13.2. The van der Waals surface area contributed by atoms with E-state index in [0.29, 0.717) is 17.3 Å². The van der Waals surface area contributed by atoms with Gasteiger partial charge in [-0.2, -0.15) is 0 Å². The van der Waals surface area contributed by atoms with Gasteiger partial charge in [-0.3, -0.25) is 0 Å². The molecule has 0 aliphatic heterocycles. The molecule has 1 aliphatic rings. The lowest BCUT2D eigenvalue weighted by atomic mass is 9.81. The minimum absolute atomic E-state index is 0.0605. The first-order valence-corrected chi connectivity index (χ1v) is 11.9. The van der Waals surface area contributed by atoms with Crippen molar-refractivity contribution >= 4 is 29.4 Å². The molecule has 186 valence electrons. The van der Waals surface area contributed by atoms with E-state index in [4.69, 9.17) is 25.7 Å². The van der Waals surface area contributed by atoms with E-state index in [1.807, 2.05) is 30.3 Å². The molecule has 0 spiro atoms. The van der Waals surface area contributed by atoms with Crippen molar-refractivity contribution in [1.82, 2.24) is 0 Å². The summed E-state index contributed by atoms with van der Waals surface area (Å²) in [6.45, 7) is 4.44. The summed E-state index contributed by atoms with van der Waals surface area (Å²) < 4.78 is 16.1. The quantitative estimate of drug-likeness (QED) is 0.153. The van der Waals surface area contributed by atoms with Crippen LogP contribution in [0, 0.1) is 11.8 Å². The molecule has 7 nitrogen and oxygen atoms in total. The Morgan fingerprint density at radius 1 is 0.914 bits per heavy atom. The van der Waals surface area contributed by atoms with Crippen LogP contribution in [0.1, 0.15) is 48.0 Å². The van der Waals surface area contributed by atoms with Gasteiger partial charge in [0, 0.05) is 17.5 Å². The first kappa shape index (κ1) is 25.9. The molecule has 0 atom stereocenters. The number of carbonyl (C=O) groups excluding carboxylic acids is 2. The first-order valence-electron chi connectivity index (χ1n) is 11.9. The molecule has 0 bridgehead atoms. The van der Waals surface area contributed by atoms with Crippen LogP contribution in [0.3, 0.4) is 0 Å². The Kier molecular flexibility index (Phi) is 9.78. The van der Waals surface area contributed by atoms with E-state index in [-0.39, 0.29) is 18.8 Å². The van der Waals surface area contributed by atoms with Crippen molar-refractivity contribution in [2.75, 3.05) is 31.3 Å². The van der Waals surface area contributed by atoms with Gasteiger partial charge in [0.25, 0.3) is 0 Å². The van der Waals surface area contributed by atoms with Crippen molar-refractivity contribution in [2.24, 2.45) is 11.8 Å². The second-order valence-electron chi connectivity index (χ2n) is 8.82. The normalized spacial score (nSPS) is 17.6. The first-order chi connectivity index (χ1) is 16.9. The van der Waals surface area contributed by atoms with Crippen LogP contribution < -0.4 is 16.2 Å². The molecule has 7 heteroatoms. The molecule has 4 N–H and O–H groups in total. The van der Waals surface area contributed by atoms with Crippen LogP contribution in [0.25, 0.3) is 6.08 Å². The van der Waals surface area contributed by atoms with Crippen LogP contribution in [0.5, 0.6) is 5.75 Å². The zero-order valence-corrected chi connectivity index (χ0v) is 20.0. The Morgan fingerprint density at radius 2 is 1.54 bits per heavy atom. The fourth-order valence-electron chi connectivity index (χ4n) is 4.13. The average Bonchev–Trinajstić information content (AvgIpc) is 2.85. The van der Waals surface area contributed by atoms with Gasteiger partial charge in [-0.05, 0) is 85.9 Å². The number of allylic oxidation sites excluding steroid dienone is 1. The van der Waals surface area contributed by atoms with E-state index in [2.05, 4.69) is 6.58 Å². The highest BCUT2D eigenvalue weighted by molar-refractivity contribution is 5.91. The monoisotopic (exact) mass is 478 g/mol. The van der Waals surface area contributed by atoms with E-state index in [1.165, 1.54) is 43.9 Å². The van der Waals surface area contributed by atoms with Crippen molar-refractivity contribution in [3.63, 3.8) is 0 Å². The number of anilines is 2. The van der Waals surface area contributed by atoms with Crippen LogP contribution in [0.15, 0.2) is 61.2 Å². The number of hydrogen-bond acceptors (Lipinski definition) is 7. The molecule has 1 saturated carbocycles. The Balaban J connectivity index is 1.33. The third kappa shape index (κ3) is 8.85. The van der Waals surface area contributed by atoms with Crippen molar-refractivity contribution < 1.29 is 23.8 Å². The Bertz CT molecular complexity index is 1000. The zero-order chi connectivity index (χ0) is 25.0. The number of ether oxygens (including phenoxy) is 3. The lowest BCUT2D eigenvalue weighted by molar-refractivity contribution is -0.138. The molecule has 2 aromatic carbocycles. The molecule has 0 aromatic heterocycles. The van der Waals surface area contributed by atoms with Gasteiger partial charge in [0.2, 0.25) is 0 Å². The molecule has 0 radical (unpaired) electrons. The maximum absolute atomic E-state index is 12.0. The Morgan fingerprint density at radius 3 is 2.20 bits per heavy atom. The molecule has 2 aromatic rings. The topological polar surface area (TPSA) is 114 Å². The summed E-state index contributed by atoms with van der Waals surface area (Å²) in [6.07, 6.45) is 11.0. The number of esters is 2. The van der Waals surface area contributed by atoms with Crippen molar-refractivity contribution in [3.8, 4) is 5.75 Å². The number of nitrogens with two attached hydrogens (primary N) is 2. The SMILES string of the molecule is C=CCC1CCC(COc2ccc(C=CC(=O)OCCOC(=O)c3cc(N)cc(N)c3)cc2)CC1. The van der Waals surface area contributed by atoms with Gasteiger partial charge >= 0.3 is 11.9 Å². The predicted octanol–water partition coefficient (Wildman–Crippen LogP) is 5.03. The summed E-state index contributed by atoms with van der Waals surface area (Å²) in [5, 5.41) is 0. The predicted molar refractivity (Wildman–Crippen MR) is 138 cm³/mol. The summed E-state index contributed by atoms with van der Waals surface area (Å²) in [5.74, 6) is 1.10. The molecule has 0 unspecified atom stereocenters. The molecule has 1 fully saturated rings. The van der Waals surface area contributed by atoms with E-state index < -0.39 is 11.9 Å². The molecular weight excluding hydrogens is 444 g/mol. The summed E-state index contributed by atoms with van der Waals surface area (Å²) in [6, 6.07) is 12.1. The zero-order valence-electron chi connectivity index (χ0n) is 20.0. The van der Waals surface area contributed by atoms with Gasteiger partial charge in [-0.25, -0.2) is 9.59 Å². The Hall–Kier alpha value is -3.74. The fourth-order valence-corrected chi connectivity index (χ4v) is 4.13. The number of carbonyl (C=O) groups is 2. The highest BCUT2D eigenvalue weighted by Gasteiger charge is 2.20. The third-order valence-electron chi connectivity index (χ3n) is 6.02. The number of rotatable bonds is 11. The van der Waals surface area contributed by atoms with Crippen LogP contribution >= 0.6 is 0 Å². The highest BCUT2D eigenvalue weighted by atomic mass is 16.6. The van der Waals surface area contributed by atoms with Crippen molar-refractivity contribution in [1.29, 1.82) is 0 Å². The number of nitrogen functional groups attached to an aromatic ring is 2. The maximum atomic E-state index is 12.0. The van der Waals surface area contributed by atoms with Gasteiger partial charge in [-0.15, -0.1) is 6.58 Å². The highest BCUT2D eigenvalue weighted by Crippen LogP contribution is 2.31. The second kappa shape index (κ2) is 13.2. The minimum atomic E-state index is -0.585. The summed E-state index contributed by atoms with van der Waals surface area (Å²) >= 11 is 0. The van der Waals surface area contributed by atoms with Crippen LogP contribution in [0.4, 0.5) is 11.4 Å². The molecule has 0 heterocycles. The summed E-state index contributed by atoms with van der Waals surface area (Å²) in [7, 11) is 0. The summed E-state index contributed by atoms with van der Waals surface area (Å²) in [4.78, 5) is 23.9. The number of benzene rings is 2. The van der Waals surface area contributed by atoms with Crippen LogP contribution in [0.2, 0.25) is 0 Å². The molecule has 35 heavy (non-hydrogen) atoms. The third-order valence-corrected chi connectivity index (χ3v) is 6.02. The van der Waals surface area contributed by atoms with Crippen LogP contribution in [-0.4, -0.2) is 31.8 Å². The average molecular weight is 479 g/mol. The number of hydrogen-bond donors (Lipinski definition) is 2. The van der Waals surface area contributed by atoms with Crippen LogP contribution in [-0.2, 0) is 14.3 Å². The largest absolute Gasteiger partial charge is 0.493 e. The van der Waals surface area contributed by atoms with E-state index in [9.17, 15) is 9.59 Å². The fraction of sp³-hybridized carbons (Fsp3) is 0.357.